The van der Waals surface area contributed by atoms with Crippen LogP contribution < -0.4 is 5.32 Å². The molecule has 12 heavy (non-hydrogen) atoms. The molecule has 1 saturated heterocycles. The summed E-state index contributed by atoms with van der Waals surface area (Å²) in [7, 11) is -4.67. The second-order valence-electron chi connectivity index (χ2n) is 2.33. The molecule has 0 bridgehead atoms. The van der Waals surface area contributed by atoms with Gasteiger partial charge in [0.1, 0.15) is 0 Å². The van der Waals surface area contributed by atoms with E-state index in [-0.39, 0.29) is 0 Å². The molecule has 1 unspecified atom stereocenters. The van der Waals surface area contributed by atoms with Crippen molar-refractivity contribution < 1.29 is 22.3 Å². The lowest BCUT2D eigenvalue weighted by Gasteiger charge is -2.18. The number of hydrogen-bond donors (Lipinski definition) is 3. The summed E-state index contributed by atoms with van der Waals surface area (Å²) in [5, 5.41) is 3.21. The molecule has 1 aliphatic rings. The van der Waals surface area contributed by atoms with Crippen LogP contribution in [-0.2, 0) is 15.1 Å². The Morgan fingerprint density at radius 3 is 2.17 bits per heavy atom. The molecule has 1 fully saturated rings. The van der Waals surface area contributed by atoms with Gasteiger partial charge in [-0.15, -0.1) is 0 Å². The van der Waals surface area contributed by atoms with E-state index in [9.17, 15) is 0 Å². The van der Waals surface area contributed by atoms with Crippen LogP contribution in [-0.4, -0.2) is 43.3 Å². The molecule has 0 saturated carbocycles. The van der Waals surface area contributed by atoms with Crippen LogP contribution >= 0.6 is 0 Å². The van der Waals surface area contributed by atoms with Crippen molar-refractivity contribution in [3.63, 3.8) is 0 Å². The van der Waals surface area contributed by atoms with Gasteiger partial charge in [0.15, 0.2) is 0 Å². The van der Waals surface area contributed by atoms with Crippen LogP contribution in [0.5, 0.6) is 0 Å². The maximum atomic E-state index is 8.74. The van der Waals surface area contributed by atoms with Gasteiger partial charge in [-0.1, -0.05) is 0 Å². The Kier molecular flexibility index (Phi) is 5.34. The van der Waals surface area contributed by atoms with Crippen LogP contribution in [0.1, 0.15) is 6.92 Å². The van der Waals surface area contributed by atoms with Crippen molar-refractivity contribution in [1.29, 1.82) is 0 Å². The molecule has 1 atom stereocenters. The monoisotopic (exact) mass is 199 g/mol. The Labute approximate surface area is 71.5 Å². The van der Waals surface area contributed by atoms with Gasteiger partial charge in [0.25, 0.3) is 0 Å². The van der Waals surface area contributed by atoms with Gasteiger partial charge in [0.05, 0.1) is 12.7 Å². The first kappa shape index (κ1) is 11.8. The third-order valence-corrected chi connectivity index (χ3v) is 1.11. The molecule has 6 nitrogen and oxygen atoms in total. The highest BCUT2D eigenvalue weighted by atomic mass is 32.3. The van der Waals surface area contributed by atoms with Crippen LogP contribution in [0.25, 0.3) is 0 Å². The van der Waals surface area contributed by atoms with Gasteiger partial charge in [0, 0.05) is 13.1 Å². The normalized spacial score (nSPS) is 24.1. The standard InChI is InChI=1S/C5H11NO.H2O4S/c1-5-4-6-2-3-7-5;1-5(2,3)4/h5-6H,2-4H2,1H3;(H2,1,2,3,4). The van der Waals surface area contributed by atoms with Crippen molar-refractivity contribution in [2.24, 2.45) is 0 Å². The summed E-state index contributed by atoms with van der Waals surface area (Å²) in [6.07, 6.45) is 0.425. The molecule has 0 aromatic carbocycles. The van der Waals surface area contributed by atoms with Gasteiger partial charge in [-0.2, -0.15) is 8.42 Å². The van der Waals surface area contributed by atoms with Crippen LogP contribution in [0.3, 0.4) is 0 Å². The second-order valence-corrected chi connectivity index (χ2v) is 3.23. The molecule has 1 rings (SSSR count). The molecule has 0 amide bonds. The Morgan fingerprint density at radius 1 is 1.50 bits per heavy atom. The van der Waals surface area contributed by atoms with Gasteiger partial charge in [0.2, 0.25) is 0 Å². The Bertz CT molecular complexity index is 188. The summed E-state index contributed by atoms with van der Waals surface area (Å²) in [5.74, 6) is 0. The molecular weight excluding hydrogens is 186 g/mol. The first-order valence-corrected chi connectivity index (χ1v) is 4.81. The topological polar surface area (TPSA) is 95.9 Å². The molecule has 3 N–H and O–H groups in total. The van der Waals surface area contributed by atoms with Gasteiger partial charge in [-0.25, -0.2) is 0 Å². The van der Waals surface area contributed by atoms with Gasteiger partial charge >= 0.3 is 10.4 Å². The van der Waals surface area contributed by atoms with Crippen molar-refractivity contribution in [1.82, 2.24) is 5.32 Å². The molecule has 0 radical (unpaired) electrons. The van der Waals surface area contributed by atoms with Gasteiger partial charge in [-0.05, 0) is 6.92 Å². The summed E-state index contributed by atoms with van der Waals surface area (Å²) < 4.78 is 36.8. The minimum absolute atomic E-state index is 0.425. The van der Waals surface area contributed by atoms with Crippen molar-refractivity contribution in [2.75, 3.05) is 19.7 Å². The van der Waals surface area contributed by atoms with Crippen LogP contribution in [0.15, 0.2) is 0 Å². The molecule has 0 aromatic heterocycles. The number of rotatable bonds is 0. The maximum Gasteiger partial charge on any atom is 0.394 e. The summed E-state index contributed by atoms with van der Waals surface area (Å²) in [5.41, 5.74) is 0. The average molecular weight is 199 g/mol. The van der Waals surface area contributed by atoms with Gasteiger partial charge < -0.3 is 10.1 Å². The fourth-order valence-corrected chi connectivity index (χ4v) is 0.697. The zero-order chi connectivity index (χ0) is 9.61. The Balaban J connectivity index is 0.000000217. The van der Waals surface area contributed by atoms with E-state index >= 15 is 0 Å². The fourth-order valence-electron chi connectivity index (χ4n) is 0.697. The first-order chi connectivity index (χ1) is 5.39. The summed E-state index contributed by atoms with van der Waals surface area (Å²) >= 11 is 0. The zero-order valence-corrected chi connectivity index (χ0v) is 7.54. The van der Waals surface area contributed by atoms with Crippen LogP contribution in [0.4, 0.5) is 0 Å². The summed E-state index contributed by atoms with van der Waals surface area (Å²) in [6.45, 7) is 4.98. The average Bonchev–Trinajstić information content (AvgIpc) is 1.85. The molecule has 1 aliphatic heterocycles. The van der Waals surface area contributed by atoms with Crippen molar-refractivity contribution in [2.45, 2.75) is 13.0 Å². The predicted molar refractivity (Wildman–Crippen MR) is 42.5 cm³/mol. The van der Waals surface area contributed by atoms with E-state index in [1.807, 2.05) is 0 Å². The largest absolute Gasteiger partial charge is 0.394 e. The number of hydrogen-bond acceptors (Lipinski definition) is 4. The fraction of sp³-hybridized carbons (Fsp3) is 1.00. The lowest BCUT2D eigenvalue weighted by molar-refractivity contribution is 0.0410. The number of ether oxygens (including phenoxy) is 1. The van der Waals surface area contributed by atoms with E-state index in [2.05, 4.69) is 12.2 Å². The summed E-state index contributed by atoms with van der Waals surface area (Å²) in [4.78, 5) is 0. The minimum atomic E-state index is -4.67. The van der Waals surface area contributed by atoms with E-state index in [0.717, 1.165) is 19.7 Å². The SMILES string of the molecule is CC1CNCCO1.O=S(=O)(O)O. The van der Waals surface area contributed by atoms with E-state index in [4.69, 9.17) is 22.3 Å². The van der Waals surface area contributed by atoms with E-state index in [0.29, 0.717) is 6.10 Å². The molecule has 0 aromatic rings. The lowest BCUT2D eigenvalue weighted by atomic mass is 10.3. The molecular formula is C5H13NO5S. The molecule has 1 heterocycles. The molecule has 0 spiro atoms. The predicted octanol–water partition coefficient (Wildman–Crippen LogP) is -0.658. The Morgan fingerprint density at radius 2 is 2.00 bits per heavy atom. The van der Waals surface area contributed by atoms with E-state index in [1.165, 1.54) is 0 Å². The third kappa shape index (κ3) is 12.5. The zero-order valence-electron chi connectivity index (χ0n) is 6.73. The Hall–Kier alpha value is -0.210. The van der Waals surface area contributed by atoms with E-state index in [1.54, 1.807) is 0 Å². The highest BCUT2D eigenvalue weighted by Crippen LogP contribution is 1.91. The molecule has 0 aliphatic carbocycles. The maximum absolute atomic E-state index is 8.74. The summed E-state index contributed by atoms with van der Waals surface area (Å²) in [6, 6.07) is 0. The third-order valence-electron chi connectivity index (χ3n) is 1.11. The van der Waals surface area contributed by atoms with E-state index < -0.39 is 10.4 Å². The highest BCUT2D eigenvalue weighted by molar-refractivity contribution is 7.79. The molecule has 7 heteroatoms. The first-order valence-electron chi connectivity index (χ1n) is 3.42. The lowest BCUT2D eigenvalue weighted by Crippen LogP contribution is -2.36. The van der Waals surface area contributed by atoms with Gasteiger partial charge in [-0.3, -0.25) is 9.11 Å². The highest BCUT2D eigenvalue weighted by Gasteiger charge is 2.04. The van der Waals surface area contributed by atoms with Crippen LogP contribution in [0.2, 0.25) is 0 Å². The van der Waals surface area contributed by atoms with Crippen molar-refractivity contribution in [3.8, 4) is 0 Å². The van der Waals surface area contributed by atoms with Crippen molar-refractivity contribution in [3.05, 3.63) is 0 Å². The number of nitrogens with one attached hydrogen (secondary N) is 1. The smallest absolute Gasteiger partial charge is 0.376 e. The van der Waals surface area contributed by atoms with Crippen LogP contribution in [0, 0.1) is 0 Å². The van der Waals surface area contributed by atoms with Crippen molar-refractivity contribution >= 4 is 10.4 Å². The quantitative estimate of drug-likeness (QED) is 0.448. The number of morpholine rings is 1. The molecule has 74 valence electrons. The minimum Gasteiger partial charge on any atom is -0.376 e. The second kappa shape index (κ2) is 5.44.